The van der Waals surface area contributed by atoms with Gasteiger partial charge in [-0.2, -0.15) is 0 Å². The normalized spacial score (nSPS) is 15.0. The molecule has 2 aromatic carbocycles. The Balaban J connectivity index is 1.52. The summed E-state index contributed by atoms with van der Waals surface area (Å²) in [5, 5.41) is 6.72. The van der Waals surface area contributed by atoms with Gasteiger partial charge in [-0.05, 0) is 67.6 Å². The van der Waals surface area contributed by atoms with Crippen molar-refractivity contribution in [1.29, 1.82) is 0 Å². The molecule has 0 unspecified atom stereocenters. The molecule has 1 amide bonds. The van der Waals surface area contributed by atoms with E-state index in [0.717, 1.165) is 35.9 Å². The number of hydrogen-bond donors (Lipinski definition) is 2. The molecule has 0 aliphatic carbocycles. The van der Waals surface area contributed by atoms with E-state index in [-0.39, 0.29) is 12.5 Å². The SMILES string of the molecule is Cc1ccc(Cl)cc1NCC(=O)Nc1ccc(N2CCC(C)CC2)cc1. The van der Waals surface area contributed by atoms with Crippen molar-refractivity contribution >= 4 is 34.6 Å². The molecule has 0 radical (unpaired) electrons. The Morgan fingerprint density at radius 2 is 1.85 bits per heavy atom. The maximum atomic E-state index is 12.2. The van der Waals surface area contributed by atoms with Crippen LogP contribution in [-0.2, 0) is 4.79 Å². The highest BCUT2D eigenvalue weighted by atomic mass is 35.5. The van der Waals surface area contributed by atoms with Gasteiger partial charge in [0.25, 0.3) is 0 Å². The van der Waals surface area contributed by atoms with E-state index in [1.165, 1.54) is 18.5 Å². The second kappa shape index (κ2) is 8.45. The predicted octanol–water partition coefficient (Wildman–Crippen LogP) is 4.94. The van der Waals surface area contributed by atoms with Crippen molar-refractivity contribution in [3.05, 3.63) is 53.1 Å². The van der Waals surface area contributed by atoms with Gasteiger partial charge in [0.05, 0.1) is 6.54 Å². The van der Waals surface area contributed by atoms with E-state index in [9.17, 15) is 4.79 Å². The van der Waals surface area contributed by atoms with Crippen molar-refractivity contribution in [2.75, 3.05) is 35.2 Å². The van der Waals surface area contributed by atoms with E-state index >= 15 is 0 Å². The van der Waals surface area contributed by atoms with Gasteiger partial charge in [0.1, 0.15) is 0 Å². The number of nitrogens with one attached hydrogen (secondary N) is 2. The van der Waals surface area contributed by atoms with Crippen LogP contribution < -0.4 is 15.5 Å². The molecule has 0 saturated carbocycles. The standard InChI is InChI=1S/C21H26ClN3O/c1-15-9-11-25(12-10-15)19-7-5-18(6-8-19)24-21(26)14-23-20-13-17(22)4-3-16(20)2/h3-8,13,15,23H,9-12,14H2,1-2H3,(H,24,26). The average Bonchev–Trinajstić information content (AvgIpc) is 2.64. The molecule has 1 aliphatic rings. The molecule has 138 valence electrons. The largest absolute Gasteiger partial charge is 0.376 e. The molecule has 1 saturated heterocycles. The number of nitrogens with zero attached hydrogens (tertiary/aromatic N) is 1. The van der Waals surface area contributed by atoms with Gasteiger partial charge in [-0.3, -0.25) is 4.79 Å². The van der Waals surface area contributed by atoms with Gasteiger partial charge in [0.2, 0.25) is 5.91 Å². The number of benzene rings is 2. The molecule has 26 heavy (non-hydrogen) atoms. The Morgan fingerprint density at radius 3 is 2.54 bits per heavy atom. The first kappa shape index (κ1) is 18.6. The number of amides is 1. The lowest BCUT2D eigenvalue weighted by atomic mass is 9.99. The lowest BCUT2D eigenvalue weighted by Crippen LogP contribution is -2.32. The molecule has 2 N–H and O–H groups in total. The lowest BCUT2D eigenvalue weighted by Gasteiger charge is -2.32. The van der Waals surface area contributed by atoms with Crippen LogP contribution in [0, 0.1) is 12.8 Å². The maximum absolute atomic E-state index is 12.2. The third-order valence-corrected chi connectivity index (χ3v) is 5.17. The van der Waals surface area contributed by atoms with Crippen LogP contribution >= 0.6 is 11.6 Å². The van der Waals surface area contributed by atoms with Crippen molar-refractivity contribution in [3.8, 4) is 0 Å². The van der Waals surface area contributed by atoms with E-state index in [1.54, 1.807) is 0 Å². The number of hydrogen-bond acceptors (Lipinski definition) is 3. The minimum absolute atomic E-state index is 0.0797. The molecule has 0 aromatic heterocycles. The molecule has 4 nitrogen and oxygen atoms in total. The molecule has 0 spiro atoms. The summed E-state index contributed by atoms with van der Waals surface area (Å²) in [6.45, 7) is 6.71. The Labute approximate surface area is 160 Å². The smallest absolute Gasteiger partial charge is 0.243 e. The topological polar surface area (TPSA) is 44.4 Å². The molecule has 1 heterocycles. The van der Waals surface area contributed by atoms with E-state index in [1.807, 2.05) is 37.3 Å². The second-order valence-electron chi connectivity index (χ2n) is 7.08. The fourth-order valence-corrected chi connectivity index (χ4v) is 3.36. The Bertz CT molecular complexity index is 752. The fraction of sp³-hybridized carbons (Fsp3) is 0.381. The van der Waals surface area contributed by atoms with Crippen molar-refractivity contribution < 1.29 is 4.79 Å². The molecule has 5 heteroatoms. The van der Waals surface area contributed by atoms with Gasteiger partial charge < -0.3 is 15.5 Å². The highest BCUT2D eigenvalue weighted by Gasteiger charge is 2.15. The Morgan fingerprint density at radius 1 is 1.15 bits per heavy atom. The van der Waals surface area contributed by atoms with Crippen LogP contribution in [0.1, 0.15) is 25.3 Å². The Hall–Kier alpha value is -2.20. The Kier molecular flexibility index (Phi) is 6.04. The quantitative estimate of drug-likeness (QED) is 0.782. The number of rotatable bonds is 5. The first-order chi connectivity index (χ1) is 12.5. The maximum Gasteiger partial charge on any atom is 0.243 e. The highest BCUT2D eigenvalue weighted by Crippen LogP contribution is 2.24. The number of anilines is 3. The fourth-order valence-electron chi connectivity index (χ4n) is 3.19. The van der Waals surface area contributed by atoms with Gasteiger partial charge in [-0.15, -0.1) is 0 Å². The number of carbonyl (C=O) groups is 1. The van der Waals surface area contributed by atoms with E-state index in [4.69, 9.17) is 11.6 Å². The summed E-state index contributed by atoms with van der Waals surface area (Å²) >= 11 is 6.00. The number of carbonyl (C=O) groups excluding carboxylic acids is 1. The van der Waals surface area contributed by atoms with E-state index in [0.29, 0.717) is 5.02 Å². The summed E-state index contributed by atoms with van der Waals surface area (Å²) in [4.78, 5) is 14.6. The van der Waals surface area contributed by atoms with Gasteiger partial charge in [-0.25, -0.2) is 0 Å². The van der Waals surface area contributed by atoms with Crippen LogP contribution in [0.15, 0.2) is 42.5 Å². The minimum atomic E-state index is -0.0797. The zero-order valence-electron chi connectivity index (χ0n) is 15.4. The third kappa shape index (κ3) is 4.92. The molecule has 0 bridgehead atoms. The summed E-state index contributed by atoms with van der Waals surface area (Å²) in [6.07, 6.45) is 2.49. The van der Waals surface area contributed by atoms with Gasteiger partial charge in [-0.1, -0.05) is 24.6 Å². The monoisotopic (exact) mass is 371 g/mol. The van der Waals surface area contributed by atoms with Crippen LogP contribution in [0.3, 0.4) is 0 Å². The number of halogens is 1. The molecule has 0 atom stereocenters. The lowest BCUT2D eigenvalue weighted by molar-refractivity contribution is -0.114. The van der Waals surface area contributed by atoms with Crippen molar-refractivity contribution in [3.63, 3.8) is 0 Å². The third-order valence-electron chi connectivity index (χ3n) is 4.94. The number of piperidine rings is 1. The van der Waals surface area contributed by atoms with Crippen LogP contribution in [0.25, 0.3) is 0 Å². The highest BCUT2D eigenvalue weighted by molar-refractivity contribution is 6.30. The van der Waals surface area contributed by atoms with Crippen molar-refractivity contribution in [2.45, 2.75) is 26.7 Å². The molecule has 1 aliphatic heterocycles. The summed E-state index contributed by atoms with van der Waals surface area (Å²) in [7, 11) is 0. The van der Waals surface area contributed by atoms with Crippen LogP contribution in [-0.4, -0.2) is 25.5 Å². The molecular weight excluding hydrogens is 346 g/mol. The van der Waals surface area contributed by atoms with Crippen LogP contribution in [0.2, 0.25) is 5.02 Å². The summed E-state index contributed by atoms with van der Waals surface area (Å²) < 4.78 is 0. The van der Waals surface area contributed by atoms with E-state index < -0.39 is 0 Å². The molecular formula is C21H26ClN3O. The summed E-state index contributed by atoms with van der Waals surface area (Å²) in [5.74, 6) is 0.740. The van der Waals surface area contributed by atoms with Gasteiger partial charge >= 0.3 is 0 Å². The van der Waals surface area contributed by atoms with E-state index in [2.05, 4.69) is 34.6 Å². The average molecular weight is 372 g/mol. The zero-order valence-corrected chi connectivity index (χ0v) is 16.1. The first-order valence-corrected chi connectivity index (χ1v) is 9.54. The number of aryl methyl sites for hydroxylation is 1. The van der Waals surface area contributed by atoms with Gasteiger partial charge in [0, 0.05) is 35.2 Å². The van der Waals surface area contributed by atoms with Gasteiger partial charge in [0.15, 0.2) is 0 Å². The molecule has 3 rings (SSSR count). The molecule has 1 fully saturated rings. The first-order valence-electron chi connectivity index (χ1n) is 9.16. The zero-order chi connectivity index (χ0) is 18.5. The van der Waals surface area contributed by atoms with Crippen LogP contribution in [0.5, 0.6) is 0 Å². The van der Waals surface area contributed by atoms with Crippen LogP contribution in [0.4, 0.5) is 17.1 Å². The van der Waals surface area contributed by atoms with Crippen molar-refractivity contribution in [1.82, 2.24) is 0 Å². The van der Waals surface area contributed by atoms with Crippen molar-refractivity contribution in [2.24, 2.45) is 5.92 Å². The summed E-state index contributed by atoms with van der Waals surface area (Å²) in [5.41, 5.74) is 3.97. The predicted molar refractivity (Wildman–Crippen MR) is 110 cm³/mol. The summed E-state index contributed by atoms with van der Waals surface area (Å²) in [6, 6.07) is 13.7. The molecule has 2 aromatic rings. The second-order valence-corrected chi connectivity index (χ2v) is 7.51. The minimum Gasteiger partial charge on any atom is -0.376 e.